The van der Waals surface area contributed by atoms with E-state index in [4.69, 9.17) is 0 Å². The van der Waals surface area contributed by atoms with Crippen molar-refractivity contribution in [2.24, 2.45) is 0 Å². The Morgan fingerprint density at radius 1 is 1.50 bits per heavy atom. The van der Waals surface area contributed by atoms with Gasteiger partial charge in [-0.05, 0) is 13.0 Å². The average Bonchev–Trinajstić information content (AvgIpc) is 1.93. The van der Waals surface area contributed by atoms with E-state index >= 15 is 0 Å². The molecule has 0 saturated carbocycles. The highest BCUT2D eigenvalue weighted by Gasteiger charge is 2.18. The largest absolute Gasteiger partial charge is 0.324 e. The molecule has 0 saturated heterocycles. The molecule has 0 aliphatic carbocycles. The molecule has 0 aromatic rings. The number of amides is 2. The minimum atomic E-state index is 0.0694. The molecule has 0 aromatic heterocycles. The number of carbonyl (C=O) groups is 1. The van der Waals surface area contributed by atoms with E-state index in [1.165, 1.54) is 0 Å². The Labute approximate surface area is 60.9 Å². The van der Waals surface area contributed by atoms with Crippen LogP contribution in [0.3, 0.4) is 0 Å². The molecule has 0 aromatic carbocycles. The van der Waals surface area contributed by atoms with Crippen molar-refractivity contribution in [3.05, 3.63) is 11.8 Å². The van der Waals surface area contributed by atoms with Crippen molar-refractivity contribution in [1.82, 2.24) is 9.80 Å². The number of allylic oxidation sites excluding steroid dienone is 1. The van der Waals surface area contributed by atoms with Crippen molar-refractivity contribution < 1.29 is 4.79 Å². The van der Waals surface area contributed by atoms with Crippen molar-refractivity contribution in [1.29, 1.82) is 0 Å². The van der Waals surface area contributed by atoms with Crippen LogP contribution in [0.15, 0.2) is 11.8 Å². The standard InChI is InChI=1S/C7H12N2O/c1-6-4-5-8(2)7(10)9(6)3/h4H,5H2,1-3H3. The van der Waals surface area contributed by atoms with Gasteiger partial charge in [-0.15, -0.1) is 0 Å². The molecule has 2 amide bonds. The van der Waals surface area contributed by atoms with Crippen LogP contribution in [0.1, 0.15) is 6.92 Å². The van der Waals surface area contributed by atoms with Gasteiger partial charge in [-0.1, -0.05) is 0 Å². The minimum absolute atomic E-state index is 0.0694. The summed E-state index contributed by atoms with van der Waals surface area (Å²) in [6, 6.07) is 0.0694. The number of rotatable bonds is 0. The number of urea groups is 1. The van der Waals surface area contributed by atoms with Crippen molar-refractivity contribution in [2.75, 3.05) is 20.6 Å². The predicted octanol–water partition coefficient (Wildman–Crippen LogP) is 0.887. The number of nitrogens with zero attached hydrogens (tertiary/aromatic N) is 2. The maximum Gasteiger partial charge on any atom is 0.323 e. The number of carbonyl (C=O) groups excluding carboxylic acids is 1. The van der Waals surface area contributed by atoms with Crippen molar-refractivity contribution in [3.63, 3.8) is 0 Å². The van der Waals surface area contributed by atoms with Crippen molar-refractivity contribution >= 4 is 6.03 Å². The van der Waals surface area contributed by atoms with Crippen LogP contribution in [0.4, 0.5) is 4.79 Å². The lowest BCUT2D eigenvalue weighted by molar-refractivity contribution is 0.182. The van der Waals surface area contributed by atoms with E-state index in [0.717, 1.165) is 12.2 Å². The highest BCUT2D eigenvalue weighted by molar-refractivity contribution is 5.76. The van der Waals surface area contributed by atoms with Crippen LogP contribution < -0.4 is 0 Å². The summed E-state index contributed by atoms with van der Waals surface area (Å²) in [6.45, 7) is 2.67. The van der Waals surface area contributed by atoms with Gasteiger partial charge in [0, 0.05) is 26.3 Å². The number of hydrogen-bond donors (Lipinski definition) is 0. The van der Waals surface area contributed by atoms with Crippen LogP contribution in [0.25, 0.3) is 0 Å². The van der Waals surface area contributed by atoms with Crippen molar-refractivity contribution in [2.45, 2.75) is 6.92 Å². The molecule has 0 radical (unpaired) electrons. The molecule has 56 valence electrons. The van der Waals surface area contributed by atoms with E-state index in [9.17, 15) is 4.79 Å². The summed E-state index contributed by atoms with van der Waals surface area (Å²) in [6.07, 6.45) is 2.03. The summed E-state index contributed by atoms with van der Waals surface area (Å²) >= 11 is 0. The second-order valence-electron chi connectivity index (χ2n) is 2.57. The molecule has 1 rings (SSSR count). The van der Waals surface area contributed by atoms with Crippen LogP contribution in [0, 0.1) is 0 Å². The Hall–Kier alpha value is -0.990. The second-order valence-corrected chi connectivity index (χ2v) is 2.57. The highest BCUT2D eigenvalue weighted by atomic mass is 16.2. The zero-order valence-electron chi connectivity index (χ0n) is 6.59. The average molecular weight is 140 g/mol. The molecule has 1 aliphatic rings. The van der Waals surface area contributed by atoms with Crippen LogP contribution in [0.2, 0.25) is 0 Å². The normalized spacial score (nSPS) is 19.5. The van der Waals surface area contributed by atoms with Gasteiger partial charge < -0.3 is 9.80 Å². The molecule has 3 nitrogen and oxygen atoms in total. The molecule has 0 spiro atoms. The number of likely N-dealkylation sites (N-methyl/N-ethyl adjacent to an activating group) is 1. The molecule has 0 N–H and O–H groups in total. The fourth-order valence-corrected chi connectivity index (χ4v) is 0.891. The smallest absolute Gasteiger partial charge is 0.323 e. The zero-order valence-corrected chi connectivity index (χ0v) is 6.59. The summed E-state index contributed by atoms with van der Waals surface area (Å²) in [5.74, 6) is 0. The third-order valence-corrected chi connectivity index (χ3v) is 1.80. The van der Waals surface area contributed by atoms with Crippen molar-refractivity contribution in [3.8, 4) is 0 Å². The molecule has 1 heterocycles. The fourth-order valence-electron chi connectivity index (χ4n) is 0.891. The van der Waals surface area contributed by atoms with Gasteiger partial charge in [0.15, 0.2) is 0 Å². The lowest BCUT2D eigenvalue weighted by atomic mass is 10.3. The first-order valence-corrected chi connectivity index (χ1v) is 3.28. The van der Waals surface area contributed by atoms with Crippen LogP contribution >= 0.6 is 0 Å². The molecular weight excluding hydrogens is 128 g/mol. The van der Waals surface area contributed by atoms with E-state index in [0.29, 0.717) is 0 Å². The first-order valence-electron chi connectivity index (χ1n) is 3.28. The highest BCUT2D eigenvalue weighted by Crippen LogP contribution is 2.09. The second kappa shape index (κ2) is 2.33. The fraction of sp³-hybridized carbons (Fsp3) is 0.571. The van der Waals surface area contributed by atoms with Crippen LogP contribution in [-0.2, 0) is 0 Å². The molecule has 3 heteroatoms. The van der Waals surface area contributed by atoms with E-state index < -0.39 is 0 Å². The van der Waals surface area contributed by atoms with Gasteiger partial charge in [0.25, 0.3) is 0 Å². The van der Waals surface area contributed by atoms with Gasteiger partial charge in [-0.2, -0.15) is 0 Å². The zero-order chi connectivity index (χ0) is 7.72. The summed E-state index contributed by atoms with van der Waals surface area (Å²) in [5.41, 5.74) is 1.03. The molecule has 1 aliphatic heterocycles. The molecule has 0 unspecified atom stereocenters. The predicted molar refractivity (Wildman–Crippen MR) is 39.5 cm³/mol. The molecule has 0 fully saturated rings. The Bertz CT molecular complexity index is 186. The third-order valence-electron chi connectivity index (χ3n) is 1.80. The lowest BCUT2D eigenvalue weighted by Crippen LogP contribution is -2.41. The summed E-state index contributed by atoms with van der Waals surface area (Å²) < 4.78 is 0. The molecule has 10 heavy (non-hydrogen) atoms. The summed E-state index contributed by atoms with van der Waals surface area (Å²) in [5, 5.41) is 0. The van der Waals surface area contributed by atoms with E-state index in [1.54, 1.807) is 23.9 Å². The SMILES string of the molecule is CC1=CCN(C)C(=O)N1C. The lowest BCUT2D eigenvalue weighted by Gasteiger charge is -2.29. The maximum atomic E-state index is 11.1. The van der Waals surface area contributed by atoms with Crippen LogP contribution in [0.5, 0.6) is 0 Å². The van der Waals surface area contributed by atoms with Gasteiger partial charge in [-0.3, -0.25) is 0 Å². The van der Waals surface area contributed by atoms with Gasteiger partial charge in [0.2, 0.25) is 0 Å². The monoisotopic (exact) mass is 140 g/mol. The van der Waals surface area contributed by atoms with E-state index in [2.05, 4.69) is 0 Å². The number of hydrogen-bond acceptors (Lipinski definition) is 1. The Balaban J connectivity index is 2.81. The van der Waals surface area contributed by atoms with Gasteiger partial charge in [0.1, 0.15) is 0 Å². The summed E-state index contributed by atoms with van der Waals surface area (Å²) in [7, 11) is 3.58. The van der Waals surface area contributed by atoms with Gasteiger partial charge in [0.05, 0.1) is 0 Å². The molecule has 0 bridgehead atoms. The summed E-state index contributed by atoms with van der Waals surface area (Å²) in [4.78, 5) is 14.5. The van der Waals surface area contributed by atoms with E-state index in [1.807, 2.05) is 13.0 Å². The first kappa shape index (κ1) is 7.12. The first-order chi connectivity index (χ1) is 4.63. The maximum absolute atomic E-state index is 11.1. The van der Waals surface area contributed by atoms with E-state index in [-0.39, 0.29) is 6.03 Å². The Morgan fingerprint density at radius 2 is 2.10 bits per heavy atom. The van der Waals surface area contributed by atoms with Gasteiger partial charge in [-0.25, -0.2) is 4.79 Å². The topological polar surface area (TPSA) is 23.6 Å². The molecule has 0 atom stereocenters. The minimum Gasteiger partial charge on any atom is -0.324 e. The third kappa shape index (κ3) is 0.988. The Kier molecular flexibility index (Phi) is 1.66. The molecular formula is C7H12N2O. The quantitative estimate of drug-likeness (QED) is 0.490. The van der Waals surface area contributed by atoms with Gasteiger partial charge >= 0.3 is 6.03 Å². The van der Waals surface area contributed by atoms with Crippen LogP contribution in [-0.4, -0.2) is 36.5 Å². The Morgan fingerprint density at radius 3 is 2.60 bits per heavy atom.